The average Bonchev–Trinajstić information content (AvgIpc) is 3.04. The van der Waals surface area contributed by atoms with Gasteiger partial charge in [0.2, 0.25) is 5.78 Å². The van der Waals surface area contributed by atoms with Crippen LogP contribution in [0.1, 0.15) is 36.1 Å². The smallest absolute Gasteiger partial charge is 0.493 e. The molecule has 0 atom stereocenters. The van der Waals surface area contributed by atoms with Gasteiger partial charge in [-0.1, -0.05) is 53.0 Å². The molecule has 3 aromatic carbocycles. The number of hydrogen-bond donors (Lipinski definition) is 0. The number of hydrogen-bond acceptors (Lipinski definition) is 10. The number of rotatable bonds is 9. The fourth-order valence-corrected chi connectivity index (χ4v) is 7.21. The van der Waals surface area contributed by atoms with Crippen molar-refractivity contribution in [2.45, 2.75) is 39.4 Å². The maximum atomic E-state index is 12.9. The van der Waals surface area contributed by atoms with Crippen molar-refractivity contribution in [3.05, 3.63) is 99.4 Å². The van der Waals surface area contributed by atoms with Crippen LogP contribution in [-0.2, 0) is 28.2 Å². The minimum Gasteiger partial charge on any atom is -0.493 e. The predicted molar refractivity (Wildman–Crippen MR) is 186 cm³/mol. The van der Waals surface area contributed by atoms with Crippen LogP contribution in [-0.4, -0.2) is 36.8 Å². The predicted octanol–water partition coefficient (Wildman–Crippen LogP) is 9.30. The Bertz CT molecular complexity index is 1990. The summed E-state index contributed by atoms with van der Waals surface area (Å²) >= 11 is 19.5. The van der Waals surface area contributed by atoms with Crippen molar-refractivity contribution in [2.75, 3.05) is 14.2 Å². The third-order valence-electron chi connectivity index (χ3n) is 7.87. The van der Waals surface area contributed by atoms with Crippen molar-refractivity contribution in [3.63, 3.8) is 0 Å². The summed E-state index contributed by atoms with van der Waals surface area (Å²) < 4.78 is 28.9. The molecule has 1 heterocycles. The van der Waals surface area contributed by atoms with E-state index in [1.165, 1.54) is 32.4 Å². The number of aliphatic imine (C=N–C) groups is 1. The molecule has 0 unspecified atom stereocenters. The maximum absolute atomic E-state index is 12.9. The molecule has 48 heavy (non-hydrogen) atoms. The fourth-order valence-electron chi connectivity index (χ4n) is 5.33. The van der Waals surface area contributed by atoms with Crippen LogP contribution in [0.25, 0.3) is 0 Å². The van der Waals surface area contributed by atoms with E-state index in [4.69, 9.17) is 46.9 Å². The van der Waals surface area contributed by atoms with E-state index in [0.29, 0.717) is 48.5 Å². The summed E-state index contributed by atoms with van der Waals surface area (Å²) in [4.78, 5) is 41.3. The number of Topliss-reactive ketones (excluding diaryl/α,β-unsaturated/α-hetero) is 1. The highest BCUT2D eigenvalue weighted by Gasteiger charge is 2.40. The summed E-state index contributed by atoms with van der Waals surface area (Å²) in [7, 11) is 2.81. The van der Waals surface area contributed by atoms with Crippen LogP contribution in [0.15, 0.2) is 72.0 Å². The van der Waals surface area contributed by atoms with Gasteiger partial charge in [0.05, 0.1) is 52.2 Å². The standard InChI is InChI=1S/C33H26Br2Cl2N2O9/c1-15-20(34)10-25(46-13-16-8-26(44-4)27(45-5)12-24(16)39(42)43)18(29(15)35)14-47-32(41)48-17-6-7-22-19(9-17)33(2,3)28-23(38-22)11-21(36)31(40)30(28)37/h6-12H,13-14H2,1-5H3. The summed E-state index contributed by atoms with van der Waals surface area (Å²) in [5.74, 6) is 0.487. The largest absolute Gasteiger partial charge is 0.514 e. The van der Waals surface area contributed by atoms with Gasteiger partial charge < -0.3 is 23.7 Å². The molecule has 0 radical (unpaired) electrons. The van der Waals surface area contributed by atoms with E-state index in [2.05, 4.69) is 36.9 Å². The zero-order valence-electron chi connectivity index (χ0n) is 26.0. The molecule has 250 valence electrons. The number of fused-ring (bicyclic) bond motifs is 2. The molecule has 15 heteroatoms. The number of carbonyl (C=O) groups is 2. The van der Waals surface area contributed by atoms with E-state index in [0.717, 1.165) is 5.56 Å². The summed E-state index contributed by atoms with van der Waals surface area (Å²) in [6.45, 7) is 5.13. The molecule has 0 fully saturated rings. The van der Waals surface area contributed by atoms with Crippen molar-refractivity contribution >= 4 is 84.1 Å². The molecule has 11 nitrogen and oxygen atoms in total. The van der Waals surface area contributed by atoms with Gasteiger partial charge in [0, 0.05) is 25.5 Å². The van der Waals surface area contributed by atoms with Gasteiger partial charge in [-0.25, -0.2) is 9.79 Å². The Morgan fingerprint density at radius 1 is 1.02 bits per heavy atom. The first-order chi connectivity index (χ1) is 22.7. The molecule has 5 rings (SSSR count). The van der Waals surface area contributed by atoms with E-state index in [1.54, 1.807) is 24.3 Å². The van der Waals surface area contributed by atoms with E-state index >= 15 is 0 Å². The van der Waals surface area contributed by atoms with E-state index in [1.807, 2.05) is 20.8 Å². The summed E-state index contributed by atoms with van der Waals surface area (Å²) in [6.07, 6.45) is 0.494. The number of carbonyl (C=O) groups excluding carboxylic acids is 2. The third kappa shape index (κ3) is 6.69. The molecule has 3 aromatic rings. The van der Waals surface area contributed by atoms with Crippen LogP contribution in [0.2, 0.25) is 0 Å². The fraction of sp³-hybridized carbons (Fsp3) is 0.242. The van der Waals surface area contributed by atoms with Gasteiger partial charge in [-0.05, 0) is 70.4 Å². The summed E-state index contributed by atoms with van der Waals surface area (Å²) in [6, 6.07) is 9.30. The van der Waals surface area contributed by atoms with Gasteiger partial charge in [0.1, 0.15) is 24.7 Å². The molecule has 1 aliphatic carbocycles. The Morgan fingerprint density at radius 3 is 2.38 bits per heavy atom. The molecule has 0 saturated carbocycles. The van der Waals surface area contributed by atoms with E-state index in [-0.39, 0.29) is 46.0 Å². The highest BCUT2D eigenvalue weighted by Crippen LogP contribution is 2.48. The van der Waals surface area contributed by atoms with Gasteiger partial charge >= 0.3 is 6.16 Å². The lowest BCUT2D eigenvalue weighted by atomic mass is 9.71. The number of allylic oxidation sites excluding steroid dienone is 4. The van der Waals surface area contributed by atoms with Crippen molar-refractivity contribution in [1.29, 1.82) is 0 Å². The van der Waals surface area contributed by atoms with Crippen LogP contribution in [0.5, 0.6) is 23.0 Å². The summed E-state index contributed by atoms with van der Waals surface area (Å²) in [5, 5.41) is 11.8. The molecule has 2 aliphatic rings. The Balaban J connectivity index is 1.36. The topological polar surface area (TPSA) is 136 Å². The molecule has 0 saturated heterocycles. The van der Waals surface area contributed by atoms with Gasteiger partial charge in [-0.15, -0.1) is 0 Å². The van der Waals surface area contributed by atoms with E-state index in [9.17, 15) is 19.7 Å². The quantitative estimate of drug-likeness (QED) is 0.0680. The van der Waals surface area contributed by atoms with Gasteiger partial charge in [-0.3, -0.25) is 14.9 Å². The lowest BCUT2D eigenvalue weighted by Crippen LogP contribution is -2.32. The van der Waals surface area contributed by atoms with Crippen LogP contribution >= 0.6 is 55.1 Å². The zero-order valence-corrected chi connectivity index (χ0v) is 30.7. The second-order valence-corrected chi connectivity index (χ2v) is 13.5. The Labute approximate surface area is 301 Å². The highest BCUT2D eigenvalue weighted by molar-refractivity contribution is 9.11. The van der Waals surface area contributed by atoms with E-state index < -0.39 is 22.3 Å². The number of ketones is 1. The Kier molecular flexibility index (Phi) is 10.3. The second-order valence-electron chi connectivity index (χ2n) is 11.1. The van der Waals surface area contributed by atoms with Crippen LogP contribution in [0, 0.1) is 17.0 Å². The molecular formula is C33H26Br2Cl2N2O9. The molecule has 0 bridgehead atoms. The van der Waals surface area contributed by atoms with Crippen molar-refractivity contribution < 1.29 is 38.2 Å². The monoisotopic (exact) mass is 822 g/mol. The average molecular weight is 825 g/mol. The second kappa shape index (κ2) is 13.9. The first-order valence-corrected chi connectivity index (χ1v) is 16.4. The number of halogens is 4. The number of ether oxygens (including phenoxy) is 5. The van der Waals surface area contributed by atoms with Crippen molar-refractivity contribution in [2.24, 2.45) is 4.99 Å². The zero-order chi connectivity index (χ0) is 35.1. The van der Waals surface area contributed by atoms with Crippen LogP contribution in [0.3, 0.4) is 0 Å². The SMILES string of the molecule is COc1cc(COc2cc(Br)c(C)c(Br)c2COC(=O)Oc2ccc3c(c2)C(C)(C)C2=C(Cl)C(=O)C(Cl)=CC2=N3)c([N+](=O)[O-])cc1OC. The van der Waals surface area contributed by atoms with Crippen LogP contribution in [0.4, 0.5) is 16.2 Å². The number of nitro benzene ring substituents is 1. The summed E-state index contributed by atoms with van der Waals surface area (Å²) in [5.41, 5.74) is 2.79. The number of benzene rings is 3. The molecule has 0 amide bonds. The normalized spacial score (nSPS) is 14.7. The number of nitrogens with zero attached hydrogens (tertiary/aromatic N) is 2. The number of methoxy groups -OCH3 is 2. The molecule has 0 N–H and O–H groups in total. The highest BCUT2D eigenvalue weighted by atomic mass is 79.9. The van der Waals surface area contributed by atoms with Crippen LogP contribution < -0.4 is 18.9 Å². The molecule has 0 aromatic heterocycles. The molecule has 0 spiro atoms. The van der Waals surface area contributed by atoms with Gasteiger partial charge in [-0.2, -0.15) is 0 Å². The third-order valence-corrected chi connectivity index (χ3v) is 10.4. The lowest BCUT2D eigenvalue weighted by Gasteiger charge is -2.36. The van der Waals surface area contributed by atoms with Gasteiger partial charge in [0.15, 0.2) is 11.5 Å². The van der Waals surface area contributed by atoms with Gasteiger partial charge in [0.25, 0.3) is 5.69 Å². The molecule has 1 aliphatic heterocycles. The Hall–Kier alpha value is -3.91. The minimum atomic E-state index is -0.999. The first kappa shape index (κ1) is 35.4. The van der Waals surface area contributed by atoms with Crippen molar-refractivity contribution in [3.8, 4) is 23.0 Å². The lowest BCUT2D eigenvalue weighted by molar-refractivity contribution is -0.385. The molecular weight excluding hydrogens is 799 g/mol. The van der Waals surface area contributed by atoms with Crippen molar-refractivity contribution in [1.82, 2.24) is 0 Å². The minimum absolute atomic E-state index is 0.0169. The first-order valence-electron chi connectivity index (χ1n) is 14.1. The maximum Gasteiger partial charge on any atom is 0.514 e. The Morgan fingerprint density at radius 2 is 1.71 bits per heavy atom. The number of nitro groups is 1.